The largest absolute Gasteiger partial charge is 0.493 e. The normalized spacial score (nSPS) is 15.1. The summed E-state index contributed by atoms with van der Waals surface area (Å²) in [6.07, 6.45) is 1.82. The standard InChI is InChI=1S/C19H16FNO4/c1-23-16-7-6-13(10-17(16)24-2)11-18-21-15(19(22)25-18)9-12-4-3-5-14(20)8-12/h3-10H,11H2,1-2H3/b15-9+. The van der Waals surface area contributed by atoms with Crippen LogP contribution in [-0.4, -0.2) is 26.1 Å². The van der Waals surface area contributed by atoms with Crippen molar-refractivity contribution in [1.82, 2.24) is 0 Å². The number of halogens is 1. The SMILES string of the molecule is COc1ccc(CC2=N/C(=C/c3cccc(F)c3)C(=O)O2)cc1OC. The maximum Gasteiger partial charge on any atom is 0.363 e. The van der Waals surface area contributed by atoms with Crippen molar-refractivity contribution in [3.05, 3.63) is 65.1 Å². The Balaban J connectivity index is 1.81. The molecule has 0 radical (unpaired) electrons. The van der Waals surface area contributed by atoms with E-state index in [0.717, 1.165) is 5.56 Å². The fourth-order valence-corrected chi connectivity index (χ4v) is 2.45. The molecule has 128 valence electrons. The number of hydrogen-bond donors (Lipinski definition) is 0. The van der Waals surface area contributed by atoms with Gasteiger partial charge in [-0.25, -0.2) is 14.2 Å². The zero-order valence-corrected chi connectivity index (χ0v) is 13.8. The summed E-state index contributed by atoms with van der Waals surface area (Å²) in [6.45, 7) is 0. The van der Waals surface area contributed by atoms with Crippen molar-refractivity contribution < 1.29 is 23.4 Å². The maximum absolute atomic E-state index is 13.2. The van der Waals surface area contributed by atoms with Gasteiger partial charge in [-0.15, -0.1) is 0 Å². The summed E-state index contributed by atoms with van der Waals surface area (Å²) in [6, 6.07) is 11.3. The highest BCUT2D eigenvalue weighted by Gasteiger charge is 2.23. The van der Waals surface area contributed by atoms with E-state index in [-0.39, 0.29) is 17.4 Å². The molecule has 0 unspecified atom stereocenters. The molecule has 1 heterocycles. The third-order valence-corrected chi connectivity index (χ3v) is 3.62. The summed E-state index contributed by atoms with van der Waals surface area (Å²) >= 11 is 0. The van der Waals surface area contributed by atoms with Crippen molar-refractivity contribution in [3.63, 3.8) is 0 Å². The third-order valence-electron chi connectivity index (χ3n) is 3.62. The molecule has 0 atom stereocenters. The second-order valence-electron chi connectivity index (χ2n) is 5.35. The van der Waals surface area contributed by atoms with Crippen LogP contribution in [0.4, 0.5) is 4.39 Å². The van der Waals surface area contributed by atoms with Gasteiger partial charge in [-0.05, 0) is 41.5 Å². The fourth-order valence-electron chi connectivity index (χ4n) is 2.45. The fraction of sp³-hybridized carbons (Fsp3) is 0.158. The molecule has 0 saturated heterocycles. The Morgan fingerprint density at radius 2 is 1.92 bits per heavy atom. The van der Waals surface area contributed by atoms with Crippen molar-refractivity contribution in [2.75, 3.05) is 14.2 Å². The Morgan fingerprint density at radius 3 is 2.64 bits per heavy atom. The van der Waals surface area contributed by atoms with Gasteiger partial charge in [0.15, 0.2) is 17.2 Å². The second-order valence-corrected chi connectivity index (χ2v) is 5.35. The summed E-state index contributed by atoms with van der Waals surface area (Å²) in [5, 5.41) is 0. The molecule has 2 aromatic rings. The summed E-state index contributed by atoms with van der Waals surface area (Å²) in [5.74, 6) is 0.540. The molecule has 1 aliphatic heterocycles. The molecule has 2 aromatic carbocycles. The molecule has 0 aliphatic carbocycles. The molecule has 0 amide bonds. The topological polar surface area (TPSA) is 57.1 Å². The molecule has 0 aromatic heterocycles. The number of methoxy groups -OCH3 is 2. The lowest BCUT2D eigenvalue weighted by Gasteiger charge is -2.09. The van der Waals surface area contributed by atoms with Gasteiger partial charge in [-0.1, -0.05) is 18.2 Å². The van der Waals surface area contributed by atoms with Crippen LogP contribution in [0.15, 0.2) is 53.2 Å². The molecule has 1 aliphatic rings. The lowest BCUT2D eigenvalue weighted by atomic mass is 10.1. The molecule has 5 nitrogen and oxygen atoms in total. The highest BCUT2D eigenvalue weighted by Crippen LogP contribution is 2.28. The number of ether oxygens (including phenoxy) is 3. The molecule has 0 fully saturated rings. The van der Waals surface area contributed by atoms with Crippen LogP contribution in [0.1, 0.15) is 11.1 Å². The molecular weight excluding hydrogens is 325 g/mol. The first-order valence-electron chi connectivity index (χ1n) is 7.57. The Morgan fingerprint density at radius 1 is 1.12 bits per heavy atom. The van der Waals surface area contributed by atoms with Gasteiger partial charge >= 0.3 is 5.97 Å². The zero-order chi connectivity index (χ0) is 17.8. The van der Waals surface area contributed by atoms with Gasteiger partial charge in [-0.3, -0.25) is 0 Å². The average Bonchev–Trinajstić information content (AvgIpc) is 2.94. The predicted molar refractivity (Wildman–Crippen MR) is 91.2 cm³/mol. The zero-order valence-electron chi connectivity index (χ0n) is 13.8. The first-order valence-corrected chi connectivity index (χ1v) is 7.57. The van der Waals surface area contributed by atoms with Crippen LogP contribution >= 0.6 is 0 Å². The highest BCUT2D eigenvalue weighted by molar-refractivity contribution is 6.07. The van der Waals surface area contributed by atoms with Gasteiger partial charge in [0.1, 0.15) is 5.82 Å². The predicted octanol–water partition coefficient (Wildman–Crippen LogP) is 3.38. The molecule has 25 heavy (non-hydrogen) atoms. The van der Waals surface area contributed by atoms with Crippen molar-refractivity contribution >= 4 is 17.9 Å². The van der Waals surface area contributed by atoms with E-state index in [1.807, 2.05) is 6.07 Å². The quantitative estimate of drug-likeness (QED) is 0.618. The minimum atomic E-state index is -0.556. The van der Waals surface area contributed by atoms with E-state index in [2.05, 4.69) is 4.99 Å². The Kier molecular flexibility index (Phi) is 4.79. The van der Waals surface area contributed by atoms with Crippen molar-refractivity contribution in [2.45, 2.75) is 6.42 Å². The first kappa shape index (κ1) is 16.7. The molecule has 3 rings (SSSR count). The minimum absolute atomic E-state index is 0.140. The van der Waals surface area contributed by atoms with Gasteiger partial charge in [0.25, 0.3) is 0 Å². The van der Waals surface area contributed by atoms with E-state index in [0.29, 0.717) is 23.5 Å². The lowest BCUT2D eigenvalue weighted by Crippen LogP contribution is -2.07. The second kappa shape index (κ2) is 7.17. The number of carbonyl (C=O) groups excluding carboxylic acids is 1. The molecule has 0 N–H and O–H groups in total. The van der Waals surface area contributed by atoms with Gasteiger partial charge in [0.05, 0.1) is 14.2 Å². The van der Waals surface area contributed by atoms with E-state index >= 15 is 0 Å². The summed E-state index contributed by atoms with van der Waals surface area (Å²) in [5.41, 5.74) is 1.54. The van der Waals surface area contributed by atoms with E-state index in [9.17, 15) is 9.18 Å². The Bertz CT molecular complexity index is 873. The van der Waals surface area contributed by atoms with Crippen LogP contribution in [0.3, 0.4) is 0 Å². The summed E-state index contributed by atoms with van der Waals surface area (Å²) in [4.78, 5) is 16.1. The number of cyclic esters (lactones) is 1. The molecular formula is C19H16FNO4. The maximum atomic E-state index is 13.2. The minimum Gasteiger partial charge on any atom is -0.493 e. The first-order chi connectivity index (χ1) is 12.1. The Hall–Kier alpha value is -3.15. The third kappa shape index (κ3) is 3.85. The van der Waals surface area contributed by atoms with Crippen LogP contribution in [0.5, 0.6) is 11.5 Å². The number of carbonyl (C=O) groups is 1. The van der Waals surface area contributed by atoms with Crippen molar-refractivity contribution in [1.29, 1.82) is 0 Å². The van der Waals surface area contributed by atoms with E-state index in [1.165, 1.54) is 18.2 Å². The summed E-state index contributed by atoms with van der Waals surface area (Å²) < 4.78 is 28.9. The lowest BCUT2D eigenvalue weighted by molar-refractivity contribution is -0.130. The molecule has 0 bridgehead atoms. The highest BCUT2D eigenvalue weighted by atomic mass is 19.1. The van der Waals surface area contributed by atoms with Crippen LogP contribution < -0.4 is 9.47 Å². The van der Waals surface area contributed by atoms with Crippen LogP contribution in [0.25, 0.3) is 6.08 Å². The average molecular weight is 341 g/mol. The van der Waals surface area contributed by atoms with Gasteiger partial charge in [0.2, 0.25) is 5.90 Å². The van der Waals surface area contributed by atoms with Crippen LogP contribution in [-0.2, 0) is 16.0 Å². The van der Waals surface area contributed by atoms with E-state index in [4.69, 9.17) is 14.2 Å². The molecule has 6 heteroatoms. The van der Waals surface area contributed by atoms with Crippen molar-refractivity contribution in [2.24, 2.45) is 4.99 Å². The molecule has 0 saturated carbocycles. The van der Waals surface area contributed by atoms with E-state index in [1.54, 1.807) is 38.5 Å². The number of hydrogen-bond acceptors (Lipinski definition) is 5. The monoisotopic (exact) mass is 341 g/mol. The number of benzene rings is 2. The molecule has 0 spiro atoms. The number of esters is 1. The van der Waals surface area contributed by atoms with Gasteiger partial charge in [0, 0.05) is 6.42 Å². The smallest absolute Gasteiger partial charge is 0.363 e. The number of nitrogens with zero attached hydrogens (tertiary/aromatic N) is 1. The van der Waals surface area contributed by atoms with Gasteiger partial charge < -0.3 is 14.2 Å². The Labute approximate surface area is 144 Å². The van der Waals surface area contributed by atoms with E-state index < -0.39 is 5.97 Å². The summed E-state index contributed by atoms with van der Waals surface area (Å²) in [7, 11) is 3.11. The number of aliphatic imine (C=N–C) groups is 1. The number of rotatable bonds is 5. The van der Waals surface area contributed by atoms with Crippen LogP contribution in [0.2, 0.25) is 0 Å². The van der Waals surface area contributed by atoms with Crippen LogP contribution in [0, 0.1) is 5.82 Å². The van der Waals surface area contributed by atoms with Crippen molar-refractivity contribution in [3.8, 4) is 11.5 Å². The van der Waals surface area contributed by atoms with Gasteiger partial charge in [-0.2, -0.15) is 0 Å².